The molecule has 0 saturated carbocycles. The Labute approximate surface area is 259 Å². The number of rotatable bonds is 7. The van der Waals surface area contributed by atoms with Crippen LogP contribution in [0.4, 0.5) is 22.7 Å². The number of fused-ring (bicyclic) bond motifs is 2. The number of aliphatic hydroxyl groups is 1. The maximum absolute atomic E-state index is 12.6. The van der Waals surface area contributed by atoms with Gasteiger partial charge >= 0.3 is 0 Å². The number of carbonyl (C=O) groups excluding carboxylic acids is 1. The van der Waals surface area contributed by atoms with Crippen molar-refractivity contribution < 1.29 is 19.4 Å². The zero-order valence-corrected chi connectivity index (χ0v) is 25.7. The number of piperidine rings is 2. The summed E-state index contributed by atoms with van der Waals surface area (Å²) >= 11 is 0. The molecule has 0 spiro atoms. The van der Waals surface area contributed by atoms with Crippen LogP contribution in [0.5, 0.6) is 5.75 Å². The van der Waals surface area contributed by atoms with Crippen molar-refractivity contribution in [3.05, 3.63) is 77.4 Å². The lowest BCUT2D eigenvalue weighted by molar-refractivity contribution is -0.137. The van der Waals surface area contributed by atoms with E-state index in [1.54, 1.807) is 12.0 Å². The molecule has 2 saturated heterocycles. The normalized spacial score (nSPS) is 22.2. The van der Waals surface area contributed by atoms with E-state index in [1.165, 1.54) is 36.1 Å². The van der Waals surface area contributed by atoms with E-state index in [1.807, 2.05) is 31.2 Å². The molecule has 3 aromatic carbocycles. The number of anilines is 4. The first-order valence-electron chi connectivity index (χ1n) is 15.9. The van der Waals surface area contributed by atoms with Gasteiger partial charge in [0.2, 0.25) is 0 Å². The minimum absolute atomic E-state index is 0.00194. The highest BCUT2D eigenvalue weighted by molar-refractivity contribution is 5.80. The molecule has 1 amide bonds. The molecule has 4 aliphatic rings. The van der Waals surface area contributed by atoms with Crippen molar-refractivity contribution in [2.45, 2.75) is 63.6 Å². The molecule has 9 heteroatoms. The fraction of sp³-hybridized carbons (Fsp3) is 0.457. The van der Waals surface area contributed by atoms with Crippen LogP contribution in [0.2, 0.25) is 0 Å². The molecule has 4 heterocycles. The Morgan fingerprint density at radius 1 is 0.909 bits per heavy atom. The van der Waals surface area contributed by atoms with Crippen molar-refractivity contribution in [2.75, 3.05) is 60.3 Å². The fourth-order valence-electron chi connectivity index (χ4n) is 6.93. The molecule has 2 atom stereocenters. The second kappa shape index (κ2) is 11.9. The number of nitrogens with one attached hydrogen (secondary N) is 2. The average Bonchev–Trinajstić information content (AvgIpc) is 3.65. The average molecular weight is 598 g/mol. The third-order valence-electron chi connectivity index (χ3n) is 9.66. The number of amides is 1. The van der Waals surface area contributed by atoms with Crippen LogP contribution in [0.1, 0.15) is 68.1 Å². The predicted molar refractivity (Wildman–Crippen MR) is 173 cm³/mol. The zero-order valence-electron chi connectivity index (χ0n) is 25.7. The molecule has 2 unspecified atom stereocenters. The van der Waals surface area contributed by atoms with E-state index in [2.05, 4.69) is 56.8 Å². The molecule has 0 aliphatic carbocycles. The fourth-order valence-corrected chi connectivity index (χ4v) is 6.93. The number of hydrogen-bond donors (Lipinski definition) is 3. The van der Waals surface area contributed by atoms with Gasteiger partial charge in [-0.3, -0.25) is 4.79 Å². The molecule has 232 valence electrons. The molecular formula is C35H43N5O4. The smallest absolute Gasteiger partial charge is 0.260 e. The van der Waals surface area contributed by atoms with E-state index in [0.717, 1.165) is 42.3 Å². The molecule has 3 N–H and O–H groups in total. The van der Waals surface area contributed by atoms with Crippen LogP contribution in [-0.2, 0) is 16.1 Å². The SMILES string of the molecule is COC1c2ccc(N3CCCCC3)cc2CN1c1ccc2c(c1)NC(c1ccc(OCC(=O)N3CCC(C)(O)CC3)cc1)N2. The van der Waals surface area contributed by atoms with Crippen molar-refractivity contribution in [1.82, 2.24) is 4.90 Å². The van der Waals surface area contributed by atoms with E-state index < -0.39 is 5.60 Å². The lowest BCUT2D eigenvalue weighted by atomic mass is 9.94. The first-order chi connectivity index (χ1) is 21.4. The Morgan fingerprint density at radius 3 is 2.39 bits per heavy atom. The topological polar surface area (TPSA) is 89.5 Å². The highest BCUT2D eigenvalue weighted by Crippen LogP contribution is 2.44. The first-order valence-corrected chi connectivity index (χ1v) is 15.9. The standard InChI is InChI=1S/C35H43N5O4/c1-35(42)14-18-39(19-15-35)32(41)23-44-28-10-6-24(7-11-28)33-36-30-13-9-27(21-31(30)37-33)40-22-25-20-26(38-16-4-3-5-17-38)8-12-29(25)34(40)43-2/h6-13,20-21,33-34,36-37,42H,3-5,14-19,22-23H2,1-2H3. The van der Waals surface area contributed by atoms with Gasteiger partial charge in [0.25, 0.3) is 5.91 Å². The van der Waals surface area contributed by atoms with Gasteiger partial charge in [-0.1, -0.05) is 18.2 Å². The Kier molecular flexibility index (Phi) is 7.76. The summed E-state index contributed by atoms with van der Waals surface area (Å²) in [6.45, 7) is 6.04. The summed E-state index contributed by atoms with van der Waals surface area (Å²) in [5.41, 5.74) is 7.52. The second-order valence-electron chi connectivity index (χ2n) is 12.8. The van der Waals surface area contributed by atoms with Crippen molar-refractivity contribution in [2.24, 2.45) is 0 Å². The lowest BCUT2D eigenvalue weighted by Gasteiger charge is -2.35. The Hall–Kier alpha value is -3.95. The van der Waals surface area contributed by atoms with Gasteiger partial charge in [0.05, 0.1) is 17.0 Å². The Balaban J connectivity index is 0.977. The number of carbonyl (C=O) groups is 1. The van der Waals surface area contributed by atoms with Crippen LogP contribution in [0.3, 0.4) is 0 Å². The van der Waals surface area contributed by atoms with Gasteiger partial charge in [-0.15, -0.1) is 0 Å². The molecule has 3 aromatic rings. The van der Waals surface area contributed by atoms with Gasteiger partial charge in [0, 0.05) is 56.8 Å². The number of hydrogen-bond acceptors (Lipinski definition) is 8. The summed E-state index contributed by atoms with van der Waals surface area (Å²) in [4.78, 5) is 19.2. The quantitative estimate of drug-likeness (QED) is 0.323. The van der Waals surface area contributed by atoms with Crippen LogP contribution in [0.15, 0.2) is 60.7 Å². The molecule has 7 rings (SSSR count). The number of methoxy groups -OCH3 is 1. The lowest BCUT2D eigenvalue weighted by Crippen LogP contribution is -2.46. The monoisotopic (exact) mass is 597 g/mol. The highest BCUT2D eigenvalue weighted by Gasteiger charge is 2.33. The summed E-state index contributed by atoms with van der Waals surface area (Å²) in [6, 6.07) is 21.2. The van der Waals surface area contributed by atoms with Gasteiger partial charge in [-0.2, -0.15) is 0 Å². The summed E-state index contributed by atoms with van der Waals surface area (Å²) in [6.07, 6.45) is 4.87. The molecule has 0 aromatic heterocycles. The van der Waals surface area contributed by atoms with Gasteiger partial charge in [0.1, 0.15) is 11.9 Å². The van der Waals surface area contributed by atoms with Gasteiger partial charge in [-0.25, -0.2) is 0 Å². The Bertz CT molecular complexity index is 1490. The number of ether oxygens (including phenoxy) is 2. The summed E-state index contributed by atoms with van der Waals surface area (Å²) in [5, 5.41) is 17.3. The van der Waals surface area contributed by atoms with E-state index in [0.29, 0.717) is 31.7 Å². The summed E-state index contributed by atoms with van der Waals surface area (Å²) < 4.78 is 11.8. The summed E-state index contributed by atoms with van der Waals surface area (Å²) in [5.74, 6) is 0.612. The molecule has 0 radical (unpaired) electrons. The van der Waals surface area contributed by atoms with Crippen molar-refractivity contribution in [1.29, 1.82) is 0 Å². The first kappa shape index (κ1) is 28.8. The third-order valence-corrected chi connectivity index (χ3v) is 9.66. The van der Waals surface area contributed by atoms with Crippen LogP contribution < -0.4 is 25.2 Å². The molecule has 4 aliphatic heterocycles. The minimum atomic E-state index is -0.680. The van der Waals surface area contributed by atoms with E-state index in [-0.39, 0.29) is 24.9 Å². The van der Waals surface area contributed by atoms with Crippen LogP contribution in [0.25, 0.3) is 0 Å². The molecule has 2 fully saturated rings. The van der Waals surface area contributed by atoms with Crippen LogP contribution in [-0.4, -0.2) is 61.4 Å². The largest absolute Gasteiger partial charge is 0.484 e. The van der Waals surface area contributed by atoms with Crippen LogP contribution in [0, 0.1) is 0 Å². The van der Waals surface area contributed by atoms with Crippen molar-refractivity contribution in [3.8, 4) is 5.75 Å². The minimum Gasteiger partial charge on any atom is -0.484 e. The molecule has 44 heavy (non-hydrogen) atoms. The van der Waals surface area contributed by atoms with Gasteiger partial charge in [-0.05, 0) is 92.6 Å². The number of nitrogens with zero attached hydrogens (tertiary/aromatic N) is 3. The van der Waals surface area contributed by atoms with E-state index >= 15 is 0 Å². The van der Waals surface area contributed by atoms with Gasteiger partial charge in [0.15, 0.2) is 12.8 Å². The van der Waals surface area contributed by atoms with Crippen molar-refractivity contribution in [3.63, 3.8) is 0 Å². The second-order valence-corrected chi connectivity index (χ2v) is 12.8. The summed E-state index contributed by atoms with van der Waals surface area (Å²) in [7, 11) is 1.79. The third kappa shape index (κ3) is 5.78. The van der Waals surface area contributed by atoms with Gasteiger partial charge < -0.3 is 39.9 Å². The van der Waals surface area contributed by atoms with Crippen LogP contribution >= 0.6 is 0 Å². The van der Waals surface area contributed by atoms with Crippen molar-refractivity contribution >= 4 is 28.7 Å². The number of likely N-dealkylation sites (tertiary alicyclic amines) is 1. The van der Waals surface area contributed by atoms with E-state index in [4.69, 9.17) is 9.47 Å². The molecular weight excluding hydrogens is 554 g/mol. The maximum Gasteiger partial charge on any atom is 0.260 e. The highest BCUT2D eigenvalue weighted by atomic mass is 16.5. The number of benzene rings is 3. The molecule has 9 nitrogen and oxygen atoms in total. The Morgan fingerprint density at radius 2 is 1.64 bits per heavy atom. The zero-order chi connectivity index (χ0) is 30.3. The van der Waals surface area contributed by atoms with E-state index in [9.17, 15) is 9.90 Å². The predicted octanol–water partition coefficient (Wildman–Crippen LogP) is 5.63. The maximum atomic E-state index is 12.6. The molecule has 0 bridgehead atoms.